The Labute approximate surface area is 122 Å². The first-order chi connectivity index (χ1) is 9.95. The van der Waals surface area contributed by atoms with Crippen molar-refractivity contribution in [2.45, 2.75) is 0 Å². The lowest BCUT2D eigenvalue weighted by Gasteiger charge is -2.06. The molecule has 1 aromatic heterocycles. The highest BCUT2D eigenvalue weighted by molar-refractivity contribution is 6.31. The summed E-state index contributed by atoms with van der Waals surface area (Å²) in [6.07, 6.45) is 0. The number of rotatable bonds is 1. The number of benzene rings is 2. The molecule has 0 amide bonds. The third kappa shape index (κ3) is 2.36. The first kappa shape index (κ1) is 13.6. The van der Waals surface area contributed by atoms with Gasteiger partial charge in [0.25, 0.3) is 0 Å². The molecule has 0 aliphatic carbocycles. The van der Waals surface area contributed by atoms with Gasteiger partial charge in [-0.15, -0.1) is 0 Å². The molecule has 0 spiro atoms. The van der Waals surface area contributed by atoms with E-state index in [0.29, 0.717) is 11.1 Å². The number of halogens is 3. The fourth-order valence-corrected chi connectivity index (χ4v) is 2.20. The molecule has 0 atom stereocenters. The van der Waals surface area contributed by atoms with E-state index < -0.39 is 22.8 Å². The van der Waals surface area contributed by atoms with Crippen molar-refractivity contribution in [3.05, 3.63) is 63.3 Å². The van der Waals surface area contributed by atoms with Crippen LogP contribution in [0.1, 0.15) is 0 Å². The highest BCUT2D eigenvalue weighted by Gasteiger charge is 2.16. The summed E-state index contributed by atoms with van der Waals surface area (Å²) in [6.45, 7) is 0. The highest BCUT2D eigenvalue weighted by atomic mass is 35.5. The van der Waals surface area contributed by atoms with Crippen LogP contribution in [-0.4, -0.2) is 5.11 Å². The van der Waals surface area contributed by atoms with Gasteiger partial charge in [-0.3, -0.25) is 4.79 Å². The van der Waals surface area contributed by atoms with Gasteiger partial charge in [-0.1, -0.05) is 11.6 Å². The summed E-state index contributed by atoms with van der Waals surface area (Å²) in [5, 5.41) is 10.4. The number of aromatic hydroxyl groups is 1. The predicted molar refractivity (Wildman–Crippen MR) is 74.5 cm³/mol. The predicted octanol–water partition coefficient (Wildman–Crippen LogP) is 4.10. The fourth-order valence-electron chi connectivity index (χ4n) is 2.04. The van der Waals surface area contributed by atoms with Crippen molar-refractivity contribution in [1.29, 1.82) is 0 Å². The summed E-state index contributed by atoms with van der Waals surface area (Å²) < 4.78 is 31.9. The van der Waals surface area contributed by atoms with Gasteiger partial charge in [0.15, 0.2) is 5.76 Å². The van der Waals surface area contributed by atoms with Crippen molar-refractivity contribution in [3.8, 4) is 17.1 Å². The van der Waals surface area contributed by atoms with Crippen LogP contribution in [0.3, 0.4) is 0 Å². The van der Waals surface area contributed by atoms with E-state index in [1.807, 2.05) is 0 Å². The van der Waals surface area contributed by atoms with Crippen molar-refractivity contribution < 1.29 is 18.3 Å². The second-order valence-electron chi connectivity index (χ2n) is 4.41. The Balaban J connectivity index is 2.37. The molecule has 0 saturated carbocycles. The van der Waals surface area contributed by atoms with Crippen molar-refractivity contribution in [2.75, 3.05) is 0 Å². The minimum absolute atomic E-state index is 0.0797. The minimum atomic E-state index is -0.849. The smallest absolute Gasteiger partial charge is 0.235 e. The second kappa shape index (κ2) is 4.86. The number of hydrogen-bond acceptors (Lipinski definition) is 3. The summed E-state index contributed by atoms with van der Waals surface area (Å²) in [5.41, 5.74) is -0.665. The van der Waals surface area contributed by atoms with Crippen molar-refractivity contribution >= 4 is 22.6 Å². The third-order valence-electron chi connectivity index (χ3n) is 2.96. The quantitative estimate of drug-likeness (QED) is 0.736. The average molecular weight is 309 g/mol. The maximum Gasteiger partial charge on any atom is 0.235 e. The first-order valence-corrected chi connectivity index (χ1v) is 6.25. The van der Waals surface area contributed by atoms with Gasteiger partial charge in [0.2, 0.25) is 11.2 Å². The zero-order valence-corrected chi connectivity index (χ0v) is 11.1. The van der Waals surface area contributed by atoms with Crippen LogP contribution < -0.4 is 5.43 Å². The number of fused-ring (bicyclic) bond motifs is 1. The Morgan fingerprint density at radius 2 is 1.71 bits per heavy atom. The van der Waals surface area contributed by atoms with E-state index >= 15 is 0 Å². The average Bonchev–Trinajstić information content (AvgIpc) is 2.41. The Bertz CT molecular complexity index is 898. The maximum absolute atomic E-state index is 13.3. The van der Waals surface area contributed by atoms with Gasteiger partial charge in [-0.2, -0.15) is 0 Å². The molecule has 0 fully saturated rings. The van der Waals surface area contributed by atoms with Crippen LogP contribution in [0.25, 0.3) is 22.3 Å². The van der Waals surface area contributed by atoms with Crippen molar-refractivity contribution in [2.24, 2.45) is 0 Å². The largest absolute Gasteiger partial charge is 0.502 e. The Hall–Kier alpha value is -2.40. The summed E-state index contributed by atoms with van der Waals surface area (Å²) in [5.74, 6) is -2.72. The van der Waals surface area contributed by atoms with Gasteiger partial charge in [-0.25, -0.2) is 8.78 Å². The van der Waals surface area contributed by atoms with E-state index in [0.717, 1.165) is 12.1 Å². The molecule has 0 bridgehead atoms. The molecule has 0 saturated heterocycles. The van der Waals surface area contributed by atoms with E-state index in [-0.39, 0.29) is 22.3 Å². The Morgan fingerprint density at radius 3 is 2.38 bits per heavy atom. The van der Waals surface area contributed by atoms with Gasteiger partial charge < -0.3 is 9.52 Å². The van der Waals surface area contributed by atoms with Crippen LogP contribution in [0.5, 0.6) is 5.75 Å². The molecule has 3 rings (SSSR count). The number of hydrogen-bond donors (Lipinski definition) is 1. The lowest BCUT2D eigenvalue weighted by atomic mass is 10.1. The fraction of sp³-hybridized carbons (Fsp3) is 0. The molecule has 0 unspecified atom stereocenters. The van der Waals surface area contributed by atoms with E-state index in [1.54, 1.807) is 0 Å². The SMILES string of the molecule is O=c1c(O)c(-c2cc(F)cc(F)c2)oc2cc(Cl)ccc12. The summed E-state index contributed by atoms with van der Waals surface area (Å²) in [4.78, 5) is 12.1. The van der Waals surface area contributed by atoms with Crippen LogP contribution >= 0.6 is 11.6 Å². The normalized spacial score (nSPS) is 11.0. The lowest BCUT2D eigenvalue weighted by Crippen LogP contribution is -2.02. The third-order valence-corrected chi connectivity index (χ3v) is 3.19. The lowest BCUT2D eigenvalue weighted by molar-refractivity contribution is 0.449. The second-order valence-corrected chi connectivity index (χ2v) is 4.84. The molecule has 106 valence electrons. The van der Waals surface area contributed by atoms with Crippen LogP contribution in [0.2, 0.25) is 5.02 Å². The van der Waals surface area contributed by atoms with Gasteiger partial charge in [0, 0.05) is 22.7 Å². The molecule has 3 nitrogen and oxygen atoms in total. The minimum Gasteiger partial charge on any atom is -0.502 e. The molecule has 0 aliphatic rings. The van der Waals surface area contributed by atoms with Gasteiger partial charge in [-0.05, 0) is 24.3 Å². The molecule has 1 N–H and O–H groups in total. The Kier molecular flexibility index (Phi) is 3.14. The molecule has 21 heavy (non-hydrogen) atoms. The van der Waals surface area contributed by atoms with Crippen LogP contribution in [0.4, 0.5) is 8.78 Å². The first-order valence-electron chi connectivity index (χ1n) is 5.87. The standard InChI is InChI=1S/C15H7ClF2O3/c16-8-1-2-11-12(5-8)21-15(14(20)13(11)19)7-3-9(17)6-10(18)4-7/h1-6,20H. The molecule has 0 radical (unpaired) electrons. The van der Waals surface area contributed by atoms with Crippen LogP contribution in [0, 0.1) is 11.6 Å². The summed E-state index contributed by atoms with van der Waals surface area (Å²) >= 11 is 5.82. The zero-order chi connectivity index (χ0) is 15.1. The monoisotopic (exact) mass is 308 g/mol. The maximum atomic E-state index is 13.3. The molecular formula is C15H7ClF2O3. The molecule has 2 aromatic carbocycles. The Morgan fingerprint density at radius 1 is 1.05 bits per heavy atom. The van der Waals surface area contributed by atoms with Gasteiger partial charge >= 0.3 is 0 Å². The van der Waals surface area contributed by atoms with Crippen molar-refractivity contribution in [3.63, 3.8) is 0 Å². The van der Waals surface area contributed by atoms with E-state index in [4.69, 9.17) is 16.0 Å². The van der Waals surface area contributed by atoms with E-state index in [1.165, 1.54) is 18.2 Å². The highest BCUT2D eigenvalue weighted by Crippen LogP contribution is 2.31. The zero-order valence-electron chi connectivity index (χ0n) is 10.4. The topological polar surface area (TPSA) is 50.4 Å². The van der Waals surface area contributed by atoms with Crippen molar-refractivity contribution in [1.82, 2.24) is 0 Å². The molecule has 1 heterocycles. The molecular weight excluding hydrogens is 302 g/mol. The molecule has 3 aromatic rings. The summed E-state index contributed by atoms with van der Waals surface area (Å²) in [6, 6.07) is 6.85. The van der Waals surface area contributed by atoms with Gasteiger partial charge in [0.1, 0.15) is 17.2 Å². The molecule has 6 heteroatoms. The van der Waals surface area contributed by atoms with Crippen LogP contribution in [0.15, 0.2) is 45.6 Å². The van der Waals surface area contributed by atoms with E-state index in [9.17, 15) is 18.7 Å². The van der Waals surface area contributed by atoms with Gasteiger partial charge in [0.05, 0.1) is 5.39 Å². The summed E-state index contributed by atoms with van der Waals surface area (Å²) in [7, 11) is 0. The van der Waals surface area contributed by atoms with Crippen LogP contribution in [-0.2, 0) is 0 Å². The van der Waals surface area contributed by atoms with E-state index in [2.05, 4.69) is 0 Å². The molecule has 0 aliphatic heterocycles.